The SMILES string of the molecule is CCCCCCCCS/C(SCC(=O)OC)=C1/C=C(C)C(=O)C(C(C)(C)C)=C1. The number of carbonyl (C=O) groups is 2. The fraction of sp³-hybridized carbons (Fsp3) is 0.652. The van der Waals surface area contributed by atoms with Crippen molar-refractivity contribution in [3.05, 3.63) is 33.1 Å². The van der Waals surface area contributed by atoms with E-state index >= 15 is 0 Å². The van der Waals surface area contributed by atoms with Gasteiger partial charge in [0, 0.05) is 9.81 Å². The minimum atomic E-state index is -0.226. The number of allylic oxidation sites excluding steroid dienone is 5. The molecule has 0 aromatic rings. The minimum Gasteiger partial charge on any atom is -0.468 e. The molecule has 0 aromatic heterocycles. The molecule has 3 nitrogen and oxygen atoms in total. The summed E-state index contributed by atoms with van der Waals surface area (Å²) in [6.07, 6.45) is 11.6. The molecule has 0 N–H and O–H groups in total. The molecular formula is C23H36O3S2. The Kier molecular flexibility index (Phi) is 11.3. The second-order valence-electron chi connectivity index (χ2n) is 8.19. The zero-order chi connectivity index (χ0) is 21.2. The van der Waals surface area contributed by atoms with E-state index in [-0.39, 0.29) is 17.2 Å². The number of hydrogen-bond acceptors (Lipinski definition) is 5. The van der Waals surface area contributed by atoms with Crippen LogP contribution in [0.4, 0.5) is 0 Å². The van der Waals surface area contributed by atoms with Crippen LogP contribution in [0.5, 0.6) is 0 Å². The van der Waals surface area contributed by atoms with Gasteiger partial charge in [-0.05, 0) is 47.8 Å². The molecule has 0 spiro atoms. The molecule has 0 aromatic carbocycles. The Labute approximate surface area is 179 Å². The van der Waals surface area contributed by atoms with Gasteiger partial charge in [0.2, 0.25) is 0 Å². The average Bonchev–Trinajstić information content (AvgIpc) is 2.64. The highest BCUT2D eigenvalue weighted by Crippen LogP contribution is 2.39. The monoisotopic (exact) mass is 424 g/mol. The van der Waals surface area contributed by atoms with Crippen molar-refractivity contribution >= 4 is 35.3 Å². The number of unbranched alkanes of at least 4 members (excludes halogenated alkanes) is 5. The van der Waals surface area contributed by atoms with Gasteiger partial charge in [-0.25, -0.2) is 0 Å². The largest absolute Gasteiger partial charge is 0.468 e. The first-order chi connectivity index (χ1) is 13.2. The van der Waals surface area contributed by atoms with Gasteiger partial charge in [-0.1, -0.05) is 59.8 Å². The molecule has 1 rings (SSSR count). The van der Waals surface area contributed by atoms with E-state index in [1.807, 2.05) is 19.1 Å². The van der Waals surface area contributed by atoms with Crippen LogP contribution in [0.2, 0.25) is 0 Å². The van der Waals surface area contributed by atoms with Gasteiger partial charge in [0.1, 0.15) is 0 Å². The average molecular weight is 425 g/mol. The zero-order valence-corrected chi connectivity index (χ0v) is 20.0. The molecule has 28 heavy (non-hydrogen) atoms. The van der Waals surface area contributed by atoms with Gasteiger partial charge in [0.15, 0.2) is 5.78 Å². The maximum atomic E-state index is 12.6. The topological polar surface area (TPSA) is 43.4 Å². The Morgan fingerprint density at radius 3 is 2.29 bits per heavy atom. The summed E-state index contributed by atoms with van der Waals surface area (Å²) in [6, 6.07) is 0. The molecule has 0 amide bonds. The Hall–Kier alpha value is -0.940. The predicted molar refractivity (Wildman–Crippen MR) is 124 cm³/mol. The van der Waals surface area contributed by atoms with Crippen LogP contribution < -0.4 is 0 Å². The van der Waals surface area contributed by atoms with Crippen molar-refractivity contribution in [2.45, 2.75) is 73.1 Å². The third kappa shape index (κ3) is 8.60. The van der Waals surface area contributed by atoms with Gasteiger partial charge in [0.25, 0.3) is 0 Å². The van der Waals surface area contributed by atoms with Crippen LogP contribution in [-0.4, -0.2) is 30.4 Å². The Morgan fingerprint density at radius 1 is 1.04 bits per heavy atom. The number of ether oxygens (including phenoxy) is 1. The van der Waals surface area contributed by atoms with E-state index < -0.39 is 0 Å². The number of Topliss-reactive ketones (excluding diaryl/α,β-unsaturated/α-hetero) is 1. The lowest BCUT2D eigenvalue weighted by atomic mass is 9.78. The minimum absolute atomic E-state index is 0.120. The van der Waals surface area contributed by atoms with Crippen molar-refractivity contribution in [3.8, 4) is 0 Å². The molecule has 5 heteroatoms. The number of carbonyl (C=O) groups excluding carboxylic acids is 2. The van der Waals surface area contributed by atoms with Gasteiger partial charge >= 0.3 is 5.97 Å². The first-order valence-corrected chi connectivity index (χ1v) is 12.2. The molecule has 158 valence electrons. The van der Waals surface area contributed by atoms with Gasteiger partial charge in [-0.15, -0.1) is 23.5 Å². The molecular weight excluding hydrogens is 388 g/mol. The van der Waals surface area contributed by atoms with E-state index in [4.69, 9.17) is 4.74 Å². The van der Waals surface area contributed by atoms with Crippen LogP contribution in [0.1, 0.15) is 73.1 Å². The second kappa shape index (κ2) is 12.6. The highest BCUT2D eigenvalue weighted by molar-refractivity contribution is 8.22. The van der Waals surface area contributed by atoms with Crippen LogP contribution in [0, 0.1) is 5.41 Å². The first-order valence-electron chi connectivity index (χ1n) is 10.2. The number of esters is 1. The number of thioether (sulfide) groups is 2. The molecule has 0 heterocycles. The normalized spacial score (nSPS) is 16.6. The highest BCUT2D eigenvalue weighted by atomic mass is 32.2. The summed E-state index contributed by atoms with van der Waals surface area (Å²) >= 11 is 3.31. The van der Waals surface area contributed by atoms with Gasteiger partial charge in [-0.3, -0.25) is 9.59 Å². The summed E-state index contributed by atoms with van der Waals surface area (Å²) in [6.45, 7) is 10.3. The van der Waals surface area contributed by atoms with Crippen molar-refractivity contribution in [3.63, 3.8) is 0 Å². The standard InChI is InChI=1S/C23H36O3S2/c1-7-8-9-10-11-12-13-27-22(28-16-20(24)26-6)18-14-17(2)21(25)19(15-18)23(3,4)5/h14-15H,7-13,16H2,1-6H3/b22-18+. The molecule has 1 aliphatic rings. The smallest absolute Gasteiger partial charge is 0.316 e. The van der Waals surface area contributed by atoms with Crippen molar-refractivity contribution in [1.29, 1.82) is 0 Å². The molecule has 0 radical (unpaired) electrons. The van der Waals surface area contributed by atoms with E-state index in [1.54, 1.807) is 11.8 Å². The highest BCUT2D eigenvalue weighted by Gasteiger charge is 2.28. The van der Waals surface area contributed by atoms with E-state index in [1.165, 1.54) is 57.4 Å². The van der Waals surface area contributed by atoms with Gasteiger partial charge in [-0.2, -0.15) is 0 Å². The first kappa shape index (κ1) is 25.1. The maximum Gasteiger partial charge on any atom is 0.316 e. The maximum absolute atomic E-state index is 12.6. The summed E-state index contributed by atoms with van der Waals surface area (Å²) < 4.78 is 5.91. The Morgan fingerprint density at radius 2 is 1.68 bits per heavy atom. The van der Waals surface area contributed by atoms with E-state index in [2.05, 4.69) is 27.7 Å². The van der Waals surface area contributed by atoms with Crippen LogP contribution in [0.3, 0.4) is 0 Å². The Balaban J connectivity index is 2.93. The van der Waals surface area contributed by atoms with Crippen LogP contribution in [0.25, 0.3) is 0 Å². The molecule has 0 saturated heterocycles. The molecule has 0 atom stereocenters. The third-order valence-electron chi connectivity index (χ3n) is 4.60. The van der Waals surface area contributed by atoms with Crippen molar-refractivity contribution in [2.75, 3.05) is 18.6 Å². The van der Waals surface area contributed by atoms with E-state index in [9.17, 15) is 9.59 Å². The number of rotatable bonds is 11. The van der Waals surface area contributed by atoms with Crippen LogP contribution >= 0.6 is 23.5 Å². The quantitative estimate of drug-likeness (QED) is 0.273. The van der Waals surface area contributed by atoms with Crippen molar-refractivity contribution in [1.82, 2.24) is 0 Å². The molecule has 0 bridgehead atoms. The number of methoxy groups -OCH3 is 1. The van der Waals surface area contributed by atoms with E-state index in [0.29, 0.717) is 5.75 Å². The third-order valence-corrected chi connectivity index (χ3v) is 7.17. The van der Waals surface area contributed by atoms with Crippen LogP contribution in [-0.2, 0) is 14.3 Å². The van der Waals surface area contributed by atoms with Crippen molar-refractivity contribution < 1.29 is 14.3 Å². The van der Waals surface area contributed by atoms with Gasteiger partial charge in [0.05, 0.1) is 12.9 Å². The predicted octanol–water partition coefficient (Wildman–Crippen LogP) is 6.70. The van der Waals surface area contributed by atoms with Gasteiger partial charge < -0.3 is 4.74 Å². The number of ketones is 1. The molecule has 0 aliphatic heterocycles. The zero-order valence-electron chi connectivity index (χ0n) is 18.4. The Bertz CT molecular complexity index is 637. The molecule has 0 unspecified atom stereocenters. The fourth-order valence-electron chi connectivity index (χ4n) is 2.89. The van der Waals surface area contributed by atoms with E-state index in [0.717, 1.165) is 26.7 Å². The summed E-state index contributed by atoms with van der Waals surface area (Å²) in [5.74, 6) is 1.21. The summed E-state index contributed by atoms with van der Waals surface area (Å²) in [4.78, 5) is 24.2. The van der Waals surface area contributed by atoms with Crippen molar-refractivity contribution in [2.24, 2.45) is 5.41 Å². The van der Waals surface area contributed by atoms with Crippen LogP contribution in [0.15, 0.2) is 33.1 Å². The summed E-state index contributed by atoms with van der Waals surface area (Å²) in [5.41, 5.74) is 2.43. The number of hydrogen-bond donors (Lipinski definition) is 0. The molecule has 1 aliphatic carbocycles. The molecule has 0 fully saturated rings. The lowest BCUT2D eigenvalue weighted by molar-refractivity contribution is -0.137. The fourth-order valence-corrected chi connectivity index (χ4v) is 5.12. The second-order valence-corrected chi connectivity index (χ2v) is 10.5. The lowest BCUT2D eigenvalue weighted by Gasteiger charge is -2.26. The molecule has 0 saturated carbocycles. The summed E-state index contributed by atoms with van der Waals surface area (Å²) in [7, 11) is 1.42. The summed E-state index contributed by atoms with van der Waals surface area (Å²) in [5, 5.41) is 0. The lowest BCUT2D eigenvalue weighted by Crippen LogP contribution is -2.21.